The Balaban J connectivity index is 0.000000235. The van der Waals surface area contributed by atoms with Crippen LogP contribution in [0.2, 0.25) is 0 Å². The molecule has 174 valence electrons. The van der Waals surface area contributed by atoms with E-state index in [1.165, 1.54) is 28.8 Å². The van der Waals surface area contributed by atoms with E-state index in [1.807, 2.05) is 7.05 Å². The SMILES string of the molecule is CCCCN1C=CN(C)[CH-]1.[Cl][Pd][Cl].c1ccc([PH+](c2ccccc2)c2ccccc2)cc1. The van der Waals surface area contributed by atoms with Crippen LogP contribution in [0.3, 0.4) is 0 Å². The summed E-state index contributed by atoms with van der Waals surface area (Å²) in [6, 6.07) is 32.5. The van der Waals surface area contributed by atoms with Crippen molar-refractivity contribution in [3.8, 4) is 0 Å². The van der Waals surface area contributed by atoms with Crippen molar-refractivity contribution in [1.29, 1.82) is 0 Å². The molecule has 0 aromatic heterocycles. The first-order valence-electron chi connectivity index (χ1n) is 10.6. The van der Waals surface area contributed by atoms with Crippen molar-refractivity contribution < 1.29 is 15.9 Å². The molecule has 2 nitrogen and oxygen atoms in total. The summed E-state index contributed by atoms with van der Waals surface area (Å²) in [6.07, 6.45) is 6.71. The summed E-state index contributed by atoms with van der Waals surface area (Å²) in [5, 5.41) is 4.31. The molecule has 0 fully saturated rings. The van der Waals surface area contributed by atoms with Crippen LogP contribution >= 0.6 is 27.0 Å². The van der Waals surface area contributed by atoms with Gasteiger partial charge in [-0.3, -0.25) is 0 Å². The van der Waals surface area contributed by atoms with Crippen LogP contribution in [0.1, 0.15) is 19.8 Å². The molecule has 4 rings (SSSR count). The van der Waals surface area contributed by atoms with Gasteiger partial charge in [-0.05, 0) is 68.8 Å². The summed E-state index contributed by atoms with van der Waals surface area (Å²) in [5.74, 6) is 0. The Kier molecular flexibility index (Phi) is 13.7. The predicted molar refractivity (Wildman–Crippen MR) is 141 cm³/mol. The van der Waals surface area contributed by atoms with Gasteiger partial charge in [-0.15, -0.1) is 0 Å². The molecule has 0 saturated heterocycles. The number of rotatable bonds is 6. The molecule has 1 aliphatic heterocycles. The Morgan fingerprint density at radius 2 is 1.16 bits per heavy atom. The van der Waals surface area contributed by atoms with Crippen LogP contribution in [0.25, 0.3) is 0 Å². The maximum atomic E-state index is 4.81. The van der Waals surface area contributed by atoms with Gasteiger partial charge in [0.1, 0.15) is 15.9 Å². The molecule has 6 heteroatoms. The van der Waals surface area contributed by atoms with Crippen molar-refractivity contribution in [2.75, 3.05) is 13.6 Å². The molecule has 0 radical (unpaired) electrons. The van der Waals surface area contributed by atoms with E-state index >= 15 is 0 Å². The first-order valence-corrected chi connectivity index (χ1v) is 16.1. The van der Waals surface area contributed by atoms with Gasteiger partial charge < -0.3 is 9.80 Å². The zero-order valence-corrected chi connectivity index (χ0v) is 22.5. The zero-order valence-electron chi connectivity index (χ0n) is 18.5. The van der Waals surface area contributed by atoms with E-state index < -0.39 is 7.92 Å². The van der Waals surface area contributed by atoms with Gasteiger partial charge >= 0.3 is 35.0 Å². The third-order valence-electron chi connectivity index (χ3n) is 4.78. The monoisotopic (exact) mass is 578 g/mol. The summed E-state index contributed by atoms with van der Waals surface area (Å²) in [4.78, 5) is 4.28. The summed E-state index contributed by atoms with van der Waals surface area (Å²) in [7, 11) is 10.8. The van der Waals surface area contributed by atoms with Crippen LogP contribution in [0.15, 0.2) is 103 Å². The van der Waals surface area contributed by atoms with Gasteiger partial charge in [0.15, 0.2) is 0 Å². The van der Waals surface area contributed by atoms with E-state index in [2.05, 4.69) is 127 Å². The Labute approximate surface area is 211 Å². The summed E-state index contributed by atoms with van der Waals surface area (Å²) in [6.45, 7) is 5.47. The molecule has 0 spiro atoms. The fourth-order valence-corrected chi connectivity index (χ4v) is 5.87. The van der Waals surface area contributed by atoms with Crippen LogP contribution < -0.4 is 15.9 Å². The maximum Gasteiger partial charge on any atom is 0.102 e. The average molecular weight is 580 g/mol. The molecule has 0 unspecified atom stereocenters. The van der Waals surface area contributed by atoms with Crippen molar-refractivity contribution in [3.05, 3.63) is 110 Å². The van der Waals surface area contributed by atoms with E-state index in [4.69, 9.17) is 19.1 Å². The van der Waals surface area contributed by atoms with Crippen LogP contribution in [-0.2, 0) is 15.9 Å². The van der Waals surface area contributed by atoms with E-state index in [0.29, 0.717) is 0 Å². The van der Waals surface area contributed by atoms with Crippen molar-refractivity contribution >= 4 is 42.9 Å². The number of benzene rings is 3. The molecule has 0 N–H and O–H groups in total. The molecular weight excluding hydrogens is 549 g/mol. The molecule has 32 heavy (non-hydrogen) atoms. The summed E-state index contributed by atoms with van der Waals surface area (Å²) in [5.41, 5.74) is 0. The van der Waals surface area contributed by atoms with Gasteiger partial charge in [0.05, 0.1) is 7.92 Å². The second kappa shape index (κ2) is 16.3. The fraction of sp³-hybridized carbons (Fsp3) is 0.192. The molecule has 1 heterocycles. The number of halogens is 2. The van der Waals surface area contributed by atoms with Crippen molar-refractivity contribution in [1.82, 2.24) is 9.80 Å². The molecule has 0 bridgehead atoms. The molecular formula is C26H31Cl2N2PPd. The molecule has 3 aromatic carbocycles. The van der Waals surface area contributed by atoms with Crippen LogP contribution in [0, 0.1) is 6.67 Å². The Bertz CT molecular complexity index is 788. The minimum absolute atomic E-state index is 0.106. The molecule has 3 aromatic rings. The number of nitrogens with zero attached hydrogens (tertiary/aromatic N) is 2. The Morgan fingerprint density at radius 3 is 1.47 bits per heavy atom. The topological polar surface area (TPSA) is 6.48 Å². The van der Waals surface area contributed by atoms with Crippen molar-refractivity contribution in [3.63, 3.8) is 0 Å². The van der Waals surface area contributed by atoms with Crippen LogP contribution in [0.5, 0.6) is 0 Å². The van der Waals surface area contributed by atoms with Gasteiger partial charge in [-0.2, -0.15) is 6.67 Å². The van der Waals surface area contributed by atoms with Crippen LogP contribution in [-0.4, -0.2) is 23.4 Å². The first kappa shape index (κ1) is 26.9. The van der Waals surface area contributed by atoms with E-state index in [0.717, 1.165) is 6.54 Å². The van der Waals surface area contributed by atoms with Crippen molar-refractivity contribution in [2.24, 2.45) is 0 Å². The normalized spacial score (nSPS) is 12.3. The van der Waals surface area contributed by atoms with Gasteiger partial charge in [0.25, 0.3) is 0 Å². The third kappa shape index (κ3) is 9.66. The van der Waals surface area contributed by atoms with Gasteiger partial charge in [-0.25, -0.2) is 0 Å². The first-order chi connectivity index (χ1) is 15.7. The number of hydrogen-bond donors (Lipinski definition) is 0. The van der Waals surface area contributed by atoms with Crippen LogP contribution in [0.4, 0.5) is 0 Å². The minimum Gasteiger partial charge on any atom is -0.0620 e. The summed E-state index contributed by atoms with van der Waals surface area (Å²) >= 11 is -0.106. The van der Waals surface area contributed by atoms with E-state index in [-0.39, 0.29) is 15.9 Å². The molecule has 0 saturated carbocycles. The Hall–Kier alpha value is -1.33. The Morgan fingerprint density at radius 1 is 0.750 bits per heavy atom. The smallest absolute Gasteiger partial charge is 0.0620 e. The number of unbranched alkanes of at least 4 members (excludes halogenated alkanes) is 1. The van der Waals surface area contributed by atoms with E-state index in [1.54, 1.807) is 0 Å². The molecule has 0 aliphatic carbocycles. The average Bonchev–Trinajstić information content (AvgIpc) is 3.26. The van der Waals surface area contributed by atoms with Gasteiger partial charge in [0, 0.05) is 0 Å². The zero-order chi connectivity index (χ0) is 23.0. The van der Waals surface area contributed by atoms with Gasteiger partial charge in [0.2, 0.25) is 0 Å². The predicted octanol–water partition coefficient (Wildman–Crippen LogP) is 6.18. The quantitative estimate of drug-likeness (QED) is 0.196. The second-order valence-electron chi connectivity index (χ2n) is 7.19. The second-order valence-corrected chi connectivity index (χ2v) is 12.0. The minimum atomic E-state index is -0.877. The molecule has 0 atom stereocenters. The number of hydrogen-bond acceptors (Lipinski definition) is 2. The summed E-state index contributed by atoms with van der Waals surface area (Å²) < 4.78 is 0. The maximum absolute atomic E-state index is 4.81. The van der Waals surface area contributed by atoms with Crippen molar-refractivity contribution in [2.45, 2.75) is 19.8 Å². The van der Waals surface area contributed by atoms with E-state index in [9.17, 15) is 0 Å². The fourth-order valence-electron chi connectivity index (χ4n) is 3.29. The molecule has 0 amide bonds. The van der Waals surface area contributed by atoms with Gasteiger partial charge in [-0.1, -0.05) is 67.9 Å². The molecule has 1 aliphatic rings. The largest absolute Gasteiger partial charge is 0.102 e. The third-order valence-corrected chi connectivity index (χ3v) is 7.51. The standard InChI is InChI=1S/C18H15P.C8H15N2.2ClH.Pd/c1-4-10-16(11-5-1)19(17-12-6-2-7-13-17)18-14-8-3-9-15-18;1-3-4-5-10-7-6-9(2)8-10;;;/h1-15H;6-8H,3-5H2,1-2H3;2*1H;/q;-1;;;+2/p-1.